The largest absolute Gasteiger partial charge is 0.490 e. The van der Waals surface area contributed by atoms with Crippen molar-refractivity contribution in [1.82, 2.24) is 5.32 Å². The third-order valence-corrected chi connectivity index (χ3v) is 2.92. The number of ether oxygens (including phenoxy) is 1. The number of rotatable bonds is 4. The van der Waals surface area contributed by atoms with Gasteiger partial charge in [-0.15, -0.1) is 0 Å². The number of nitrogens with one attached hydrogen (secondary N) is 1. The predicted octanol–water partition coefficient (Wildman–Crippen LogP) is 2.87. The Balaban J connectivity index is 2.06. The molecular formula is C13H18FNO. The molecule has 16 heavy (non-hydrogen) atoms. The molecule has 1 saturated carbocycles. The summed E-state index contributed by atoms with van der Waals surface area (Å²) in [5.74, 6) is 0.442. The summed E-state index contributed by atoms with van der Waals surface area (Å²) >= 11 is 0. The molecule has 2 rings (SSSR count). The molecule has 0 radical (unpaired) electrons. The lowest BCUT2D eigenvalue weighted by Crippen LogP contribution is -2.12. The van der Waals surface area contributed by atoms with Crippen LogP contribution in [-0.4, -0.2) is 13.2 Å². The van der Waals surface area contributed by atoms with E-state index in [9.17, 15) is 4.39 Å². The Hall–Kier alpha value is -1.09. The molecule has 0 saturated heterocycles. The summed E-state index contributed by atoms with van der Waals surface area (Å²) in [6, 6.07) is 4.92. The molecule has 3 heteroatoms. The first-order valence-corrected chi connectivity index (χ1v) is 5.88. The first kappa shape index (κ1) is 11.4. The van der Waals surface area contributed by atoms with Crippen LogP contribution in [0.4, 0.5) is 4.39 Å². The Morgan fingerprint density at radius 1 is 1.31 bits per heavy atom. The van der Waals surface area contributed by atoms with Gasteiger partial charge in [-0.05, 0) is 50.4 Å². The van der Waals surface area contributed by atoms with Crippen LogP contribution in [0.2, 0.25) is 0 Å². The molecule has 0 bridgehead atoms. The van der Waals surface area contributed by atoms with Gasteiger partial charge >= 0.3 is 0 Å². The van der Waals surface area contributed by atoms with Crippen LogP contribution in [0, 0.1) is 5.82 Å². The van der Waals surface area contributed by atoms with Gasteiger partial charge in [0.25, 0.3) is 0 Å². The second kappa shape index (κ2) is 5.30. The fourth-order valence-corrected chi connectivity index (χ4v) is 2.19. The highest BCUT2D eigenvalue weighted by Gasteiger charge is 2.16. The maximum absolute atomic E-state index is 13.3. The van der Waals surface area contributed by atoms with Crippen LogP contribution < -0.4 is 10.1 Å². The van der Waals surface area contributed by atoms with Crippen molar-refractivity contribution in [2.45, 2.75) is 38.3 Å². The van der Waals surface area contributed by atoms with Gasteiger partial charge < -0.3 is 10.1 Å². The second-order valence-electron chi connectivity index (χ2n) is 4.35. The molecule has 0 heterocycles. The smallest absolute Gasteiger partial charge is 0.127 e. The Kier molecular flexibility index (Phi) is 3.78. The Labute approximate surface area is 95.8 Å². The lowest BCUT2D eigenvalue weighted by Gasteiger charge is -2.14. The van der Waals surface area contributed by atoms with E-state index in [1.54, 1.807) is 0 Å². The highest BCUT2D eigenvalue weighted by Crippen LogP contribution is 2.25. The van der Waals surface area contributed by atoms with Crippen LogP contribution in [0.3, 0.4) is 0 Å². The molecule has 1 aromatic rings. The van der Waals surface area contributed by atoms with Crippen molar-refractivity contribution in [2.24, 2.45) is 0 Å². The summed E-state index contributed by atoms with van der Waals surface area (Å²) in [5, 5.41) is 3.01. The van der Waals surface area contributed by atoms with Crippen molar-refractivity contribution >= 4 is 0 Å². The van der Waals surface area contributed by atoms with E-state index < -0.39 is 0 Å². The van der Waals surface area contributed by atoms with Gasteiger partial charge in [-0.2, -0.15) is 0 Å². The van der Waals surface area contributed by atoms with Gasteiger partial charge in [-0.1, -0.05) is 0 Å². The van der Waals surface area contributed by atoms with Gasteiger partial charge in [-0.3, -0.25) is 0 Å². The predicted molar refractivity (Wildman–Crippen MR) is 62.0 cm³/mol. The monoisotopic (exact) mass is 223 g/mol. The minimum absolute atomic E-state index is 0.222. The first-order valence-electron chi connectivity index (χ1n) is 5.88. The average molecular weight is 223 g/mol. The minimum Gasteiger partial charge on any atom is -0.490 e. The van der Waals surface area contributed by atoms with E-state index in [2.05, 4.69) is 5.32 Å². The zero-order valence-corrected chi connectivity index (χ0v) is 9.63. The van der Waals surface area contributed by atoms with Gasteiger partial charge in [0.2, 0.25) is 0 Å². The molecule has 1 aliphatic carbocycles. The normalized spacial score (nSPS) is 16.6. The standard InChI is InChI=1S/C13H18FNO/c1-15-9-10-6-11(14)8-13(7-10)16-12-4-2-3-5-12/h6-8,12,15H,2-5,9H2,1H3. The summed E-state index contributed by atoms with van der Waals surface area (Å²) in [6.45, 7) is 0.665. The van der Waals surface area contributed by atoms with Gasteiger partial charge in [0.15, 0.2) is 0 Å². The van der Waals surface area contributed by atoms with Crippen molar-refractivity contribution in [3.63, 3.8) is 0 Å². The van der Waals surface area contributed by atoms with E-state index in [1.165, 1.54) is 25.0 Å². The molecule has 1 fully saturated rings. The zero-order chi connectivity index (χ0) is 11.4. The van der Waals surface area contributed by atoms with E-state index in [4.69, 9.17) is 4.74 Å². The topological polar surface area (TPSA) is 21.3 Å². The molecule has 2 nitrogen and oxygen atoms in total. The average Bonchev–Trinajstić information content (AvgIpc) is 2.70. The molecule has 0 aliphatic heterocycles. The number of hydrogen-bond acceptors (Lipinski definition) is 2. The van der Waals surface area contributed by atoms with E-state index in [1.807, 2.05) is 13.1 Å². The van der Waals surface area contributed by atoms with Crippen LogP contribution in [0.5, 0.6) is 5.75 Å². The maximum atomic E-state index is 13.3. The highest BCUT2D eigenvalue weighted by atomic mass is 19.1. The third-order valence-electron chi connectivity index (χ3n) is 2.92. The molecule has 0 aromatic heterocycles. The first-order chi connectivity index (χ1) is 7.78. The lowest BCUT2D eigenvalue weighted by atomic mass is 10.2. The Morgan fingerprint density at radius 3 is 2.75 bits per heavy atom. The van der Waals surface area contributed by atoms with E-state index in [0.717, 1.165) is 18.4 Å². The molecule has 1 aliphatic rings. The van der Waals surface area contributed by atoms with Crippen molar-refractivity contribution in [3.05, 3.63) is 29.6 Å². The van der Waals surface area contributed by atoms with E-state index in [-0.39, 0.29) is 11.9 Å². The van der Waals surface area contributed by atoms with Crippen molar-refractivity contribution in [2.75, 3.05) is 7.05 Å². The van der Waals surface area contributed by atoms with Crippen LogP contribution in [0.1, 0.15) is 31.2 Å². The van der Waals surface area contributed by atoms with Gasteiger partial charge in [-0.25, -0.2) is 4.39 Å². The quantitative estimate of drug-likeness (QED) is 0.847. The lowest BCUT2D eigenvalue weighted by molar-refractivity contribution is 0.209. The van der Waals surface area contributed by atoms with Gasteiger partial charge in [0.05, 0.1) is 6.10 Å². The summed E-state index contributed by atoms with van der Waals surface area (Å²) in [6.07, 6.45) is 4.92. The molecule has 0 unspecified atom stereocenters. The third kappa shape index (κ3) is 2.95. The number of hydrogen-bond donors (Lipinski definition) is 1. The molecule has 0 atom stereocenters. The number of halogens is 1. The molecule has 0 amide bonds. The van der Waals surface area contributed by atoms with E-state index >= 15 is 0 Å². The summed E-state index contributed by atoms with van der Waals surface area (Å²) in [7, 11) is 1.85. The molecule has 1 aromatic carbocycles. The number of benzene rings is 1. The summed E-state index contributed by atoms with van der Waals surface area (Å²) in [4.78, 5) is 0. The fraction of sp³-hybridized carbons (Fsp3) is 0.538. The van der Waals surface area contributed by atoms with Crippen LogP contribution in [-0.2, 0) is 6.54 Å². The fourth-order valence-electron chi connectivity index (χ4n) is 2.19. The van der Waals surface area contributed by atoms with E-state index in [0.29, 0.717) is 12.3 Å². The Morgan fingerprint density at radius 2 is 2.06 bits per heavy atom. The SMILES string of the molecule is CNCc1cc(F)cc(OC2CCCC2)c1. The Bertz CT molecular complexity index is 348. The van der Waals surface area contributed by atoms with Crippen molar-refractivity contribution in [1.29, 1.82) is 0 Å². The van der Waals surface area contributed by atoms with Gasteiger partial charge in [0.1, 0.15) is 11.6 Å². The second-order valence-corrected chi connectivity index (χ2v) is 4.35. The highest BCUT2D eigenvalue weighted by molar-refractivity contribution is 5.29. The van der Waals surface area contributed by atoms with Crippen LogP contribution >= 0.6 is 0 Å². The van der Waals surface area contributed by atoms with Crippen LogP contribution in [0.25, 0.3) is 0 Å². The van der Waals surface area contributed by atoms with Crippen molar-refractivity contribution < 1.29 is 9.13 Å². The summed E-state index contributed by atoms with van der Waals surface area (Å²) < 4.78 is 19.1. The minimum atomic E-state index is -0.222. The molecule has 88 valence electrons. The molecule has 1 N–H and O–H groups in total. The zero-order valence-electron chi connectivity index (χ0n) is 9.63. The van der Waals surface area contributed by atoms with Gasteiger partial charge in [0, 0.05) is 12.6 Å². The van der Waals surface area contributed by atoms with Crippen molar-refractivity contribution in [3.8, 4) is 5.75 Å². The van der Waals surface area contributed by atoms with Crippen LogP contribution in [0.15, 0.2) is 18.2 Å². The maximum Gasteiger partial charge on any atom is 0.127 e. The molecular weight excluding hydrogens is 205 g/mol. The summed E-state index contributed by atoms with van der Waals surface area (Å²) in [5.41, 5.74) is 0.926. The molecule has 0 spiro atoms.